The average Bonchev–Trinajstić information content (AvgIpc) is 3.55. The largest absolute Gasteiger partial charge is 0.493 e. The van der Waals surface area contributed by atoms with E-state index in [1.165, 1.54) is 0 Å². The van der Waals surface area contributed by atoms with Gasteiger partial charge in [0.2, 0.25) is 0 Å². The first-order chi connectivity index (χ1) is 17.8. The molecule has 0 spiro atoms. The van der Waals surface area contributed by atoms with E-state index in [9.17, 15) is 4.79 Å². The first-order valence-electron chi connectivity index (χ1n) is 12.3. The quantitative estimate of drug-likeness (QED) is 0.413. The maximum atomic E-state index is 13.2. The summed E-state index contributed by atoms with van der Waals surface area (Å²) in [5.41, 5.74) is 3.99. The van der Waals surface area contributed by atoms with E-state index in [-0.39, 0.29) is 29.6 Å². The molecule has 2 aromatic heterocycles. The lowest BCUT2D eigenvalue weighted by atomic mass is 10.0. The Morgan fingerprint density at radius 3 is 2.95 bits per heavy atom. The van der Waals surface area contributed by atoms with E-state index in [2.05, 4.69) is 20.6 Å². The van der Waals surface area contributed by atoms with Gasteiger partial charge in [-0.05, 0) is 38.5 Å². The number of benzene rings is 1. The zero-order valence-corrected chi connectivity index (χ0v) is 21.6. The summed E-state index contributed by atoms with van der Waals surface area (Å²) in [6.07, 6.45) is 4.10. The number of aromatic amines is 1. The van der Waals surface area contributed by atoms with Crippen LogP contribution in [0.4, 0.5) is 11.4 Å². The fourth-order valence-electron chi connectivity index (χ4n) is 4.93. The number of H-pyrrole nitrogens is 1. The molecule has 37 heavy (non-hydrogen) atoms. The Hall–Kier alpha value is -3.27. The van der Waals surface area contributed by atoms with Crippen LogP contribution in [0.5, 0.6) is 11.5 Å². The molecule has 6 rings (SSSR count). The molecule has 2 aliphatic heterocycles. The van der Waals surface area contributed by atoms with Gasteiger partial charge >= 0.3 is 0 Å². The van der Waals surface area contributed by atoms with Gasteiger partial charge in [-0.1, -0.05) is 17.7 Å². The molecule has 4 heterocycles. The Labute approximate surface area is 219 Å². The number of nitrogens with zero attached hydrogens (tertiary/aromatic N) is 1. The number of halogens is 1. The highest BCUT2D eigenvalue weighted by Gasteiger charge is 2.48. The van der Waals surface area contributed by atoms with Gasteiger partial charge in [0.15, 0.2) is 5.75 Å². The number of aromatic nitrogens is 2. The Kier molecular flexibility index (Phi) is 6.01. The number of rotatable bonds is 7. The molecule has 1 aromatic carbocycles. The van der Waals surface area contributed by atoms with Crippen molar-refractivity contribution in [2.45, 2.75) is 43.9 Å². The van der Waals surface area contributed by atoms with Crippen molar-refractivity contribution in [1.29, 1.82) is 0 Å². The molecule has 3 N–H and O–H groups in total. The van der Waals surface area contributed by atoms with Gasteiger partial charge in [-0.3, -0.25) is 9.78 Å². The number of methoxy groups -OCH3 is 1. The number of hydrogen-bond acceptors (Lipinski definition) is 7. The van der Waals surface area contributed by atoms with Crippen molar-refractivity contribution in [2.24, 2.45) is 0 Å². The Morgan fingerprint density at radius 1 is 1.30 bits per heavy atom. The number of fused-ring (bicyclic) bond motifs is 3. The number of amides is 1. The van der Waals surface area contributed by atoms with Crippen molar-refractivity contribution in [2.75, 3.05) is 32.2 Å². The van der Waals surface area contributed by atoms with Crippen LogP contribution in [0, 0.1) is 0 Å². The predicted octanol–water partition coefficient (Wildman–Crippen LogP) is 4.65. The van der Waals surface area contributed by atoms with Crippen molar-refractivity contribution >= 4 is 28.9 Å². The van der Waals surface area contributed by atoms with Crippen LogP contribution < -0.4 is 20.1 Å². The van der Waals surface area contributed by atoms with E-state index >= 15 is 0 Å². The summed E-state index contributed by atoms with van der Waals surface area (Å²) in [6, 6.07) is 7.49. The molecule has 0 bridgehead atoms. The molecule has 9 nitrogen and oxygen atoms in total. The number of para-hydroxylation sites is 1. The van der Waals surface area contributed by atoms with Gasteiger partial charge in [-0.25, -0.2) is 0 Å². The fraction of sp³-hybridized carbons (Fsp3) is 0.407. The number of anilines is 2. The van der Waals surface area contributed by atoms with Crippen molar-refractivity contribution in [3.8, 4) is 22.8 Å². The molecule has 1 aliphatic carbocycles. The second-order valence-corrected chi connectivity index (χ2v) is 10.6. The molecule has 194 valence electrons. The molecule has 1 saturated heterocycles. The normalized spacial score (nSPS) is 23.5. The fourth-order valence-corrected chi connectivity index (χ4v) is 5.18. The number of carbonyl (C=O) groups is 1. The first-order valence-corrected chi connectivity index (χ1v) is 12.7. The van der Waals surface area contributed by atoms with Crippen LogP contribution in [0.1, 0.15) is 42.2 Å². The standard InChI is InChI=1S/C27H29ClN4O5/c1-27(2)13-36-14(12-37-27)11-35-20-10-29-8-7-15(20)23-24(30-18-6-4-5-17(28)25(18)34-3)21-22(32-23)16-9-19(16)31-26(21)33/h4-8,10,14,16,19,30,32H,9,11-13H2,1-3H3,(H,31,33)/t14-,16?,19?/m1/s1. The van der Waals surface area contributed by atoms with Crippen LogP contribution >= 0.6 is 11.6 Å². The highest BCUT2D eigenvalue weighted by molar-refractivity contribution is 6.32. The lowest BCUT2D eigenvalue weighted by Crippen LogP contribution is -2.44. The van der Waals surface area contributed by atoms with Crippen molar-refractivity contribution in [3.63, 3.8) is 0 Å². The molecule has 1 amide bonds. The minimum absolute atomic E-state index is 0.119. The van der Waals surface area contributed by atoms with Gasteiger partial charge in [0.1, 0.15) is 18.5 Å². The van der Waals surface area contributed by atoms with Crippen LogP contribution in [0.25, 0.3) is 11.3 Å². The molecule has 0 radical (unpaired) electrons. The van der Waals surface area contributed by atoms with Gasteiger partial charge < -0.3 is 34.6 Å². The summed E-state index contributed by atoms with van der Waals surface area (Å²) in [4.78, 5) is 21.0. The zero-order valence-electron chi connectivity index (χ0n) is 20.9. The van der Waals surface area contributed by atoms with E-state index in [1.54, 1.807) is 25.6 Å². The van der Waals surface area contributed by atoms with E-state index in [1.807, 2.05) is 32.0 Å². The zero-order chi connectivity index (χ0) is 25.7. The maximum Gasteiger partial charge on any atom is 0.255 e. The van der Waals surface area contributed by atoms with Gasteiger partial charge in [-0.2, -0.15) is 0 Å². The third-order valence-corrected chi connectivity index (χ3v) is 7.27. The van der Waals surface area contributed by atoms with Crippen molar-refractivity contribution in [1.82, 2.24) is 15.3 Å². The van der Waals surface area contributed by atoms with Crippen LogP contribution in [-0.4, -0.2) is 60.6 Å². The molecule has 3 aromatic rings. The molecule has 2 fully saturated rings. The van der Waals surface area contributed by atoms with Crippen LogP contribution in [0.15, 0.2) is 36.7 Å². The number of hydrogen-bond donors (Lipinski definition) is 3. The molecule has 3 aliphatic rings. The minimum atomic E-state index is -0.303. The number of ether oxygens (including phenoxy) is 4. The second kappa shape index (κ2) is 9.24. The van der Waals surface area contributed by atoms with E-state index in [4.69, 9.17) is 30.5 Å². The van der Waals surface area contributed by atoms with Crippen LogP contribution in [0.3, 0.4) is 0 Å². The average molecular weight is 525 g/mol. The van der Waals surface area contributed by atoms with Gasteiger partial charge in [0.05, 0.1) is 59.8 Å². The second-order valence-electron chi connectivity index (χ2n) is 10.2. The molecule has 10 heteroatoms. The molecule has 1 saturated carbocycles. The smallest absolute Gasteiger partial charge is 0.255 e. The summed E-state index contributed by atoms with van der Waals surface area (Å²) in [7, 11) is 1.56. The third-order valence-electron chi connectivity index (χ3n) is 6.97. The topological polar surface area (TPSA) is 107 Å². The summed E-state index contributed by atoms with van der Waals surface area (Å²) in [5.74, 6) is 1.20. The summed E-state index contributed by atoms with van der Waals surface area (Å²) in [6.45, 7) is 5.26. The summed E-state index contributed by atoms with van der Waals surface area (Å²) < 4.78 is 23.6. The van der Waals surface area contributed by atoms with Gasteiger partial charge in [0, 0.05) is 29.4 Å². The monoisotopic (exact) mass is 524 g/mol. The minimum Gasteiger partial charge on any atom is -0.493 e. The number of nitrogens with one attached hydrogen (secondary N) is 3. The molecule has 2 unspecified atom stereocenters. The van der Waals surface area contributed by atoms with Crippen molar-refractivity contribution in [3.05, 3.63) is 52.9 Å². The summed E-state index contributed by atoms with van der Waals surface area (Å²) in [5, 5.41) is 7.00. The SMILES string of the molecule is COc1c(Cl)cccc1Nc1c(-c2ccncc2OC[C@@H]2COC(C)(C)CO2)[nH]c2c1C(=O)NC1CC21. The van der Waals surface area contributed by atoms with Crippen molar-refractivity contribution < 1.29 is 23.7 Å². The van der Waals surface area contributed by atoms with E-state index in [0.29, 0.717) is 53.3 Å². The molecular formula is C27H29ClN4O5. The molecule has 3 atom stereocenters. The highest BCUT2D eigenvalue weighted by Crippen LogP contribution is 2.51. The highest BCUT2D eigenvalue weighted by atomic mass is 35.5. The maximum absolute atomic E-state index is 13.2. The third kappa shape index (κ3) is 4.52. The van der Waals surface area contributed by atoms with E-state index in [0.717, 1.165) is 23.4 Å². The van der Waals surface area contributed by atoms with Gasteiger partial charge in [0.25, 0.3) is 5.91 Å². The Morgan fingerprint density at radius 2 is 2.16 bits per heavy atom. The van der Waals surface area contributed by atoms with Crippen LogP contribution in [0.2, 0.25) is 5.02 Å². The number of carbonyl (C=O) groups excluding carboxylic acids is 1. The predicted molar refractivity (Wildman–Crippen MR) is 139 cm³/mol. The van der Waals surface area contributed by atoms with Gasteiger partial charge in [-0.15, -0.1) is 0 Å². The van der Waals surface area contributed by atoms with Crippen LogP contribution in [-0.2, 0) is 9.47 Å². The lowest BCUT2D eigenvalue weighted by molar-refractivity contribution is -0.181. The van der Waals surface area contributed by atoms with E-state index < -0.39 is 0 Å². The lowest BCUT2D eigenvalue weighted by Gasteiger charge is -2.34. The number of pyridine rings is 1. The Bertz CT molecular complexity index is 1350. The first kappa shape index (κ1) is 24.1. The molecular weight excluding hydrogens is 496 g/mol. The summed E-state index contributed by atoms with van der Waals surface area (Å²) >= 11 is 6.38. The Balaban J connectivity index is 1.37.